The van der Waals surface area contributed by atoms with Crippen LogP contribution in [-0.4, -0.2) is 55.3 Å². The predicted octanol–water partition coefficient (Wildman–Crippen LogP) is 1.30. The van der Waals surface area contributed by atoms with Crippen molar-refractivity contribution in [1.29, 1.82) is 0 Å². The Hall–Kier alpha value is -4.48. The van der Waals surface area contributed by atoms with E-state index in [9.17, 15) is 19.2 Å². The first kappa shape index (κ1) is 21.4. The fourth-order valence-corrected chi connectivity index (χ4v) is 3.84. The van der Waals surface area contributed by atoms with Crippen molar-refractivity contribution in [2.75, 3.05) is 31.9 Å². The minimum absolute atomic E-state index is 0.0659. The first-order valence-corrected chi connectivity index (χ1v) is 10.4. The largest absolute Gasteiger partial charge is 0.486 e. The summed E-state index contributed by atoms with van der Waals surface area (Å²) in [5.41, 5.74) is -0.569. The zero-order valence-corrected chi connectivity index (χ0v) is 18.0. The maximum atomic E-state index is 13.1. The molecule has 3 aliphatic rings. The van der Waals surface area contributed by atoms with Crippen LogP contribution in [0.5, 0.6) is 23.0 Å². The molecule has 3 heterocycles. The predicted molar refractivity (Wildman–Crippen MR) is 115 cm³/mol. The monoisotopic (exact) mass is 468 g/mol. The van der Waals surface area contributed by atoms with Crippen LogP contribution in [-0.2, 0) is 15.1 Å². The van der Waals surface area contributed by atoms with Crippen molar-refractivity contribution in [2.24, 2.45) is 0 Å². The van der Waals surface area contributed by atoms with E-state index >= 15 is 0 Å². The zero-order chi connectivity index (χ0) is 23.9. The summed E-state index contributed by atoms with van der Waals surface area (Å²) in [6.07, 6.45) is 0. The van der Waals surface area contributed by atoms with Gasteiger partial charge in [-0.2, -0.15) is 0 Å². The number of fused-ring (bicyclic) bond motifs is 2. The van der Waals surface area contributed by atoms with Gasteiger partial charge < -0.3 is 29.6 Å². The SMILES string of the molecule is C[C@]1(c2ccc3c(c2)OCO3)NC(=O)N(CC(=O)NC(=O)Nc2ccc3c(c2)OCCO3)C1=O. The lowest BCUT2D eigenvalue weighted by Gasteiger charge is -2.22. The number of benzene rings is 2. The number of ether oxygens (including phenoxy) is 4. The van der Waals surface area contributed by atoms with Gasteiger partial charge in [0, 0.05) is 11.8 Å². The Labute approximate surface area is 193 Å². The Kier molecular flexibility index (Phi) is 5.11. The lowest BCUT2D eigenvalue weighted by atomic mass is 9.91. The first-order chi connectivity index (χ1) is 16.3. The molecule has 2 aromatic carbocycles. The number of carbonyl (C=O) groups is 4. The van der Waals surface area contributed by atoms with E-state index in [1.165, 1.54) is 6.92 Å². The molecule has 1 fully saturated rings. The summed E-state index contributed by atoms with van der Waals surface area (Å²) in [5, 5.41) is 7.21. The Morgan fingerprint density at radius 3 is 2.47 bits per heavy atom. The van der Waals surface area contributed by atoms with Gasteiger partial charge in [0.05, 0.1) is 0 Å². The van der Waals surface area contributed by atoms with Crippen molar-refractivity contribution >= 4 is 29.6 Å². The van der Waals surface area contributed by atoms with E-state index in [0.29, 0.717) is 47.5 Å². The normalized spacial score (nSPS) is 20.1. The van der Waals surface area contributed by atoms with Gasteiger partial charge in [-0.3, -0.25) is 19.8 Å². The first-order valence-electron chi connectivity index (χ1n) is 10.4. The number of anilines is 1. The highest BCUT2D eigenvalue weighted by molar-refractivity contribution is 6.10. The number of nitrogens with one attached hydrogen (secondary N) is 3. The van der Waals surface area contributed by atoms with Crippen LogP contribution in [0.3, 0.4) is 0 Å². The molecule has 1 atom stereocenters. The minimum Gasteiger partial charge on any atom is -0.486 e. The highest BCUT2D eigenvalue weighted by Gasteiger charge is 2.50. The number of hydrogen-bond donors (Lipinski definition) is 3. The molecule has 34 heavy (non-hydrogen) atoms. The van der Waals surface area contributed by atoms with Gasteiger partial charge in [-0.25, -0.2) is 9.59 Å². The van der Waals surface area contributed by atoms with Crippen molar-refractivity contribution in [3.63, 3.8) is 0 Å². The topological polar surface area (TPSA) is 145 Å². The molecule has 2 aromatic rings. The molecule has 12 nitrogen and oxygen atoms in total. The van der Waals surface area contributed by atoms with Crippen molar-refractivity contribution < 1.29 is 38.1 Å². The van der Waals surface area contributed by atoms with Crippen molar-refractivity contribution in [2.45, 2.75) is 12.5 Å². The fourth-order valence-electron chi connectivity index (χ4n) is 3.84. The number of nitrogens with zero attached hydrogens (tertiary/aromatic N) is 1. The highest BCUT2D eigenvalue weighted by atomic mass is 16.7. The van der Waals surface area contributed by atoms with Gasteiger partial charge in [0.15, 0.2) is 23.0 Å². The molecule has 0 bridgehead atoms. The third kappa shape index (κ3) is 3.78. The zero-order valence-electron chi connectivity index (χ0n) is 18.0. The second-order valence-corrected chi connectivity index (χ2v) is 7.88. The summed E-state index contributed by atoms with van der Waals surface area (Å²) in [4.78, 5) is 50.9. The van der Waals surface area contributed by atoms with Gasteiger partial charge in [-0.05, 0) is 36.8 Å². The molecule has 3 N–H and O–H groups in total. The minimum atomic E-state index is -1.41. The summed E-state index contributed by atoms with van der Waals surface area (Å²) in [5.74, 6) is 0.527. The number of hydrogen-bond acceptors (Lipinski definition) is 8. The molecule has 0 unspecified atom stereocenters. The Morgan fingerprint density at radius 2 is 1.65 bits per heavy atom. The molecule has 3 aliphatic heterocycles. The third-order valence-corrected chi connectivity index (χ3v) is 5.58. The van der Waals surface area contributed by atoms with E-state index in [4.69, 9.17) is 18.9 Å². The molecule has 0 radical (unpaired) electrons. The number of urea groups is 2. The number of amides is 6. The number of rotatable bonds is 4. The van der Waals surface area contributed by atoms with Crippen molar-refractivity contribution in [1.82, 2.24) is 15.5 Å². The van der Waals surface area contributed by atoms with Crippen molar-refractivity contribution in [3.05, 3.63) is 42.0 Å². The highest BCUT2D eigenvalue weighted by Crippen LogP contribution is 2.38. The standard InChI is InChI=1S/C22H20N4O8/c1-22(12-2-4-15-16(8-12)34-11-33-15)19(28)26(21(30)25-22)10-18(27)24-20(29)23-13-3-5-14-17(9-13)32-7-6-31-14/h2-5,8-9H,6-7,10-11H2,1H3,(H,25,30)(H2,23,24,27,29)/t22-/m1/s1. The molecule has 1 saturated heterocycles. The van der Waals surface area contributed by atoms with Crippen LogP contribution < -0.4 is 34.9 Å². The summed E-state index contributed by atoms with van der Waals surface area (Å²) in [6, 6.07) is 8.08. The van der Waals surface area contributed by atoms with Gasteiger partial charge in [0.1, 0.15) is 25.3 Å². The van der Waals surface area contributed by atoms with Crippen LogP contribution in [0.1, 0.15) is 12.5 Å². The van der Waals surface area contributed by atoms with Crippen molar-refractivity contribution in [3.8, 4) is 23.0 Å². The number of imide groups is 2. The van der Waals surface area contributed by atoms with E-state index in [1.54, 1.807) is 36.4 Å². The van der Waals surface area contributed by atoms with Crippen LogP contribution in [0, 0.1) is 0 Å². The van der Waals surface area contributed by atoms with E-state index in [0.717, 1.165) is 4.90 Å². The lowest BCUT2D eigenvalue weighted by Crippen LogP contribution is -2.45. The Morgan fingerprint density at radius 1 is 0.971 bits per heavy atom. The van der Waals surface area contributed by atoms with E-state index in [-0.39, 0.29) is 6.79 Å². The molecule has 0 aromatic heterocycles. The van der Waals surface area contributed by atoms with Crippen LogP contribution in [0.15, 0.2) is 36.4 Å². The summed E-state index contributed by atoms with van der Waals surface area (Å²) in [7, 11) is 0. The molecule has 0 spiro atoms. The van der Waals surface area contributed by atoms with Crippen LogP contribution in [0.25, 0.3) is 0 Å². The quantitative estimate of drug-likeness (QED) is 0.570. The molecular formula is C22H20N4O8. The van der Waals surface area contributed by atoms with Crippen LogP contribution in [0.4, 0.5) is 15.3 Å². The van der Waals surface area contributed by atoms with Gasteiger partial charge >= 0.3 is 12.1 Å². The maximum Gasteiger partial charge on any atom is 0.325 e. The van der Waals surface area contributed by atoms with Gasteiger partial charge in [0.25, 0.3) is 5.91 Å². The summed E-state index contributed by atoms with van der Waals surface area (Å²) >= 11 is 0. The van der Waals surface area contributed by atoms with Gasteiger partial charge in [0.2, 0.25) is 12.7 Å². The van der Waals surface area contributed by atoms with E-state index in [2.05, 4.69) is 16.0 Å². The number of carbonyl (C=O) groups excluding carboxylic acids is 4. The average Bonchev–Trinajstić information content (AvgIpc) is 3.37. The Bertz CT molecular complexity index is 1220. The second kappa shape index (κ2) is 8.14. The maximum absolute atomic E-state index is 13.1. The summed E-state index contributed by atoms with van der Waals surface area (Å²) < 4.78 is 21.5. The smallest absolute Gasteiger partial charge is 0.325 e. The molecular weight excluding hydrogens is 448 g/mol. The molecule has 0 saturated carbocycles. The fraction of sp³-hybridized carbons (Fsp3) is 0.273. The van der Waals surface area contributed by atoms with Crippen LogP contribution in [0.2, 0.25) is 0 Å². The van der Waals surface area contributed by atoms with Gasteiger partial charge in [-0.1, -0.05) is 6.07 Å². The lowest BCUT2D eigenvalue weighted by molar-refractivity contribution is -0.134. The average molecular weight is 468 g/mol. The molecule has 12 heteroatoms. The van der Waals surface area contributed by atoms with Gasteiger partial charge in [-0.15, -0.1) is 0 Å². The van der Waals surface area contributed by atoms with E-state index in [1.807, 2.05) is 0 Å². The summed E-state index contributed by atoms with van der Waals surface area (Å²) in [6.45, 7) is 1.77. The molecule has 6 amide bonds. The molecule has 0 aliphatic carbocycles. The third-order valence-electron chi connectivity index (χ3n) is 5.58. The molecule has 5 rings (SSSR count). The Balaban J connectivity index is 1.22. The van der Waals surface area contributed by atoms with E-state index < -0.39 is 36.0 Å². The second-order valence-electron chi connectivity index (χ2n) is 7.88. The molecule has 176 valence electrons. The van der Waals surface area contributed by atoms with Crippen LogP contribution >= 0.6 is 0 Å².